The molecular formula is C5H9IN4O. The van der Waals surface area contributed by atoms with Gasteiger partial charge in [0.25, 0.3) is 6.02 Å². The van der Waals surface area contributed by atoms with Crippen molar-refractivity contribution in [1.29, 1.82) is 0 Å². The monoisotopic (exact) mass is 268 g/mol. The standard InChI is InChI=1S/C5H8N4O.HI/c1-10-5(6)8-4-2-3-7-9-4;/h2-3H,1H3,(H3,6,7,8,9);1H. The number of amidine groups is 1. The maximum atomic E-state index is 5.24. The molecule has 0 aliphatic carbocycles. The van der Waals surface area contributed by atoms with Crippen molar-refractivity contribution in [1.82, 2.24) is 10.2 Å². The molecule has 11 heavy (non-hydrogen) atoms. The number of hydrogen-bond acceptors (Lipinski definition) is 3. The molecule has 1 rings (SSSR count). The van der Waals surface area contributed by atoms with E-state index in [0.29, 0.717) is 5.82 Å². The summed E-state index contributed by atoms with van der Waals surface area (Å²) in [5, 5.41) is 6.27. The van der Waals surface area contributed by atoms with E-state index in [2.05, 4.69) is 19.9 Å². The second-order valence-corrected chi connectivity index (χ2v) is 1.60. The van der Waals surface area contributed by atoms with Gasteiger partial charge < -0.3 is 10.5 Å². The van der Waals surface area contributed by atoms with Crippen LogP contribution in [0.15, 0.2) is 17.3 Å². The average molecular weight is 268 g/mol. The molecule has 0 aromatic carbocycles. The van der Waals surface area contributed by atoms with E-state index in [4.69, 9.17) is 5.73 Å². The molecule has 1 heterocycles. The number of aliphatic imine (C=N–C) groups is 1. The van der Waals surface area contributed by atoms with Gasteiger partial charge in [-0.25, -0.2) is 0 Å². The van der Waals surface area contributed by atoms with Crippen molar-refractivity contribution in [3.8, 4) is 0 Å². The van der Waals surface area contributed by atoms with E-state index in [1.807, 2.05) is 0 Å². The molecule has 0 unspecified atom stereocenters. The van der Waals surface area contributed by atoms with Crippen LogP contribution in [0.2, 0.25) is 0 Å². The van der Waals surface area contributed by atoms with Crippen LogP contribution in [0.25, 0.3) is 0 Å². The van der Waals surface area contributed by atoms with Crippen LogP contribution in [0.3, 0.4) is 0 Å². The molecule has 62 valence electrons. The number of rotatable bonds is 1. The molecule has 5 nitrogen and oxygen atoms in total. The molecule has 0 radical (unpaired) electrons. The summed E-state index contributed by atoms with van der Waals surface area (Å²) >= 11 is 0. The molecule has 6 heteroatoms. The molecule has 0 bridgehead atoms. The van der Waals surface area contributed by atoms with Crippen LogP contribution in [0.1, 0.15) is 0 Å². The number of aromatic nitrogens is 2. The van der Waals surface area contributed by atoms with Gasteiger partial charge in [-0.2, -0.15) is 10.1 Å². The smallest absolute Gasteiger partial charge is 0.288 e. The van der Waals surface area contributed by atoms with Crippen LogP contribution < -0.4 is 5.73 Å². The number of ether oxygens (including phenoxy) is 1. The van der Waals surface area contributed by atoms with Gasteiger partial charge >= 0.3 is 0 Å². The third-order valence-electron chi connectivity index (χ3n) is 0.926. The normalized spacial score (nSPS) is 10.5. The lowest BCUT2D eigenvalue weighted by Gasteiger charge is -1.93. The third kappa shape index (κ3) is 3.21. The fourth-order valence-corrected chi connectivity index (χ4v) is 0.475. The van der Waals surface area contributed by atoms with Crippen molar-refractivity contribution < 1.29 is 4.74 Å². The topological polar surface area (TPSA) is 76.3 Å². The molecule has 0 saturated carbocycles. The highest BCUT2D eigenvalue weighted by molar-refractivity contribution is 14.0. The van der Waals surface area contributed by atoms with Crippen LogP contribution in [0.4, 0.5) is 5.82 Å². The zero-order valence-electron chi connectivity index (χ0n) is 5.94. The molecule has 0 aliphatic heterocycles. The number of nitrogens with one attached hydrogen (secondary N) is 1. The quantitative estimate of drug-likeness (QED) is 0.445. The number of nitrogens with two attached hydrogens (primary N) is 1. The lowest BCUT2D eigenvalue weighted by molar-refractivity contribution is 0.397. The fourth-order valence-electron chi connectivity index (χ4n) is 0.475. The molecule has 1 aromatic heterocycles. The zero-order chi connectivity index (χ0) is 7.40. The number of nitrogens with zero attached hydrogens (tertiary/aromatic N) is 2. The summed E-state index contributed by atoms with van der Waals surface area (Å²) in [4.78, 5) is 3.79. The molecule has 1 aromatic rings. The van der Waals surface area contributed by atoms with Crippen LogP contribution in [-0.2, 0) is 4.74 Å². The molecule has 0 fully saturated rings. The summed E-state index contributed by atoms with van der Waals surface area (Å²) in [6.45, 7) is 0. The lowest BCUT2D eigenvalue weighted by Crippen LogP contribution is -2.12. The molecular weight excluding hydrogens is 259 g/mol. The first-order valence-electron chi connectivity index (χ1n) is 2.70. The van der Waals surface area contributed by atoms with Crippen molar-refractivity contribution in [2.45, 2.75) is 0 Å². The Morgan fingerprint density at radius 3 is 3.00 bits per heavy atom. The van der Waals surface area contributed by atoms with Gasteiger partial charge in [0.1, 0.15) is 0 Å². The zero-order valence-corrected chi connectivity index (χ0v) is 8.27. The highest BCUT2D eigenvalue weighted by atomic mass is 127. The van der Waals surface area contributed by atoms with E-state index in [1.165, 1.54) is 7.11 Å². The number of hydrogen-bond donors (Lipinski definition) is 2. The van der Waals surface area contributed by atoms with E-state index in [9.17, 15) is 0 Å². The molecule has 0 spiro atoms. The Kier molecular flexibility index (Phi) is 4.59. The highest BCUT2D eigenvalue weighted by Crippen LogP contribution is 2.02. The van der Waals surface area contributed by atoms with E-state index in [0.717, 1.165) is 0 Å². The van der Waals surface area contributed by atoms with E-state index in [-0.39, 0.29) is 30.0 Å². The first-order valence-corrected chi connectivity index (χ1v) is 2.70. The van der Waals surface area contributed by atoms with Crippen LogP contribution in [0.5, 0.6) is 0 Å². The Bertz CT molecular complexity index is 220. The lowest BCUT2D eigenvalue weighted by atomic mass is 10.7. The number of methoxy groups -OCH3 is 1. The first kappa shape index (κ1) is 10.2. The molecule has 0 amide bonds. The van der Waals surface area contributed by atoms with Crippen molar-refractivity contribution in [3.63, 3.8) is 0 Å². The van der Waals surface area contributed by atoms with Gasteiger partial charge in [0.05, 0.1) is 13.3 Å². The summed E-state index contributed by atoms with van der Waals surface area (Å²) in [5.41, 5.74) is 5.24. The van der Waals surface area contributed by atoms with Crippen LogP contribution in [0, 0.1) is 0 Å². The predicted octanol–water partition coefficient (Wildman–Crippen LogP) is 0.620. The van der Waals surface area contributed by atoms with Gasteiger partial charge in [-0.05, 0) is 0 Å². The Labute approximate surface area is 81.1 Å². The third-order valence-corrected chi connectivity index (χ3v) is 0.926. The Morgan fingerprint density at radius 1 is 1.82 bits per heavy atom. The maximum Gasteiger partial charge on any atom is 0.288 e. The second-order valence-electron chi connectivity index (χ2n) is 1.60. The summed E-state index contributed by atoms with van der Waals surface area (Å²) in [7, 11) is 1.45. The van der Waals surface area contributed by atoms with Crippen LogP contribution >= 0.6 is 24.0 Å². The van der Waals surface area contributed by atoms with Gasteiger partial charge in [0.15, 0.2) is 5.82 Å². The second kappa shape index (κ2) is 4.94. The number of H-pyrrole nitrogens is 1. The number of aromatic amines is 1. The predicted molar refractivity (Wildman–Crippen MR) is 52.3 cm³/mol. The van der Waals surface area contributed by atoms with Crippen molar-refractivity contribution >= 4 is 35.8 Å². The average Bonchev–Trinajstić information content (AvgIpc) is 2.40. The Balaban J connectivity index is 0.000001000. The first-order chi connectivity index (χ1) is 4.83. The fraction of sp³-hybridized carbons (Fsp3) is 0.200. The van der Waals surface area contributed by atoms with Gasteiger partial charge in [-0.3, -0.25) is 5.10 Å². The van der Waals surface area contributed by atoms with Crippen molar-refractivity contribution in [2.75, 3.05) is 7.11 Å². The van der Waals surface area contributed by atoms with Gasteiger partial charge in [0.2, 0.25) is 0 Å². The molecule has 0 aliphatic rings. The van der Waals surface area contributed by atoms with Gasteiger partial charge in [-0.1, -0.05) is 0 Å². The SMILES string of the molecule is CO/C(N)=N\c1ccn[nH]1.I. The summed E-state index contributed by atoms with van der Waals surface area (Å²) < 4.78 is 4.60. The summed E-state index contributed by atoms with van der Waals surface area (Å²) in [6.07, 6.45) is 1.59. The van der Waals surface area contributed by atoms with Gasteiger partial charge in [-0.15, -0.1) is 24.0 Å². The Morgan fingerprint density at radius 2 is 2.55 bits per heavy atom. The van der Waals surface area contributed by atoms with E-state index >= 15 is 0 Å². The summed E-state index contributed by atoms with van der Waals surface area (Å²) in [6, 6.07) is 1.80. The number of halogens is 1. The molecule has 0 atom stereocenters. The minimum absolute atomic E-state index is 0. The minimum Gasteiger partial charge on any atom is -0.468 e. The van der Waals surface area contributed by atoms with E-state index in [1.54, 1.807) is 12.3 Å². The van der Waals surface area contributed by atoms with Crippen molar-refractivity contribution in [2.24, 2.45) is 10.7 Å². The minimum atomic E-state index is 0. The largest absolute Gasteiger partial charge is 0.468 e. The molecule has 0 saturated heterocycles. The summed E-state index contributed by atoms with van der Waals surface area (Å²) in [5.74, 6) is 0.583. The molecule has 3 N–H and O–H groups in total. The van der Waals surface area contributed by atoms with Crippen molar-refractivity contribution in [3.05, 3.63) is 12.3 Å². The highest BCUT2D eigenvalue weighted by Gasteiger charge is 1.90. The van der Waals surface area contributed by atoms with Gasteiger partial charge in [0, 0.05) is 6.07 Å². The van der Waals surface area contributed by atoms with E-state index < -0.39 is 0 Å². The van der Waals surface area contributed by atoms with Crippen LogP contribution in [-0.4, -0.2) is 23.3 Å². The maximum absolute atomic E-state index is 5.24. The Hall–Kier alpha value is -0.790.